The Morgan fingerprint density at radius 3 is 2.17 bits per heavy atom. The van der Waals surface area contributed by atoms with Gasteiger partial charge in [0.1, 0.15) is 11.6 Å². The van der Waals surface area contributed by atoms with Crippen molar-refractivity contribution in [3.8, 4) is 0 Å². The minimum absolute atomic E-state index is 0.448. The van der Waals surface area contributed by atoms with Gasteiger partial charge in [-0.05, 0) is 56.0 Å². The second-order valence-corrected chi connectivity index (χ2v) is 11.1. The van der Waals surface area contributed by atoms with E-state index in [1.165, 1.54) is 57.1 Å². The van der Waals surface area contributed by atoms with E-state index in [2.05, 4.69) is 68.7 Å². The normalized spacial score (nSPS) is 21.7. The topological polar surface area (TPSA) is 59.6 Å². The molecular weight excluding hydrogens is 466 g/mol. The molecule has 3 fully saturated rings. The molecule has 2 saturated heterocycles. The fourth-order valence-electron chi connectivity index (χ4n) is 5.78. The first-order chi connectivity index (χ1) is 17.6. The zero-order chi connectivity index (χ0) is 24.7. The van der Waals surface area contributed by atoms with E-state index in [1.807, 2.05) is 0 Å². The van der Waals surface area contributed by atoms with Crippen molar-refractivity contribution in [2.45, 2.75) is 64.3 Å². The first kappa shape index (κ1) is 25.1. The minimum atomic E-state index is 0.448. The Kier molecular flexibility index (Phi) is 8.41. The summed E-state index contributed by atoms with van der Waals surface area (Å²) >= 11 is 5.71. The van der Waals surface area contributed by atoms with Crippen molar-refractivity contribution in [3.63, 3.8) is 0 Å². The molecular formula is C28H41N7S. The smallest absolute Gasteiger partial charge is 0.232 e. The number of benzene rings is 1. The van der Waals surface area contributed by atoms with Gasteiger partial charge in [-0.3, -0.25) is 0 Å². The Morgan fingerprint density at radius 2 is 1.47 bits per heavy atom. The summed E-state index contributed by atoms with van der Waals surface area (Å²) in [4.78, 5) is 17.2. The highest BCUT2D eigenvalue weighted by molar-refractivity contribution is 7.80. The van der Waals surface area contributed by atoms with Gasteiger partial charge in [0.25, 0.3) is 0 Å². The van der Waals surface area contributed by atoms with Gasteiger partial charge < -0.3 is 25.3 Å². The van der Waals surface area contributed by atoms with E-state index in [1.54, 1.807) is 0 Å². The largest absolute Gasteiger partial charge is 0.368 e. The minimum Gasteiger partial charge on any atom is -0.368 e. The average Bonchev–Trinajstić information content (AvgIpc) is 3.17. The monoisotopic (exact) mass is 507 g/mol. The molecule has 1 saturated carbocycles. The van der Waals surface area contributed by atoms with E-state index in [-0.39, 0.29) is 0 Å². The summed E-state index contributed by atoms with van der Waals surface area (Å²) in [5.41, 5.74) is 1.29. The molecule has 8 heteroatoms. The summed E-state index contributed by atoms with van der Waals surface area (Å²) in [5, 5.41) is 7.54. The van der Waals surface area contributed by atoms with Crippen LogP contribution in [0.3, 0.4) is 0 Å². The van der Waals surface area contributed by atoms with E-state index >= 15 is 0 Å². The molecule has 1 aromatic heterocycles. The highest BCUT2D eigenvalue weighted by atomic mass is 32.1. The molecule has 1 aromatic carbocycles. The molecule has 7 nitrogen and oxygen atoms in total. The molecule has 36 heavy (non-hydrogen) atoms. The Hall–Kier alpha value is -2.61. The second kappa shape index (κ2) is 12.1. The quantitative estimate of drug-likeness (QED) is 0.431. The van der Waals surface area contributed by atoms with Crippen molar-refractivity contribution in [1.82, 2.24) is 15.3 Å². The van der Waals surface area contributed by atoms with Crippen LogP contribution < -0.4 is 25.3 Å². The van der Waals surface area contributed by atoms with Crippen LogP contribution in [-0.4, -0.2) is 60.4 Å². The maximum absolute atomic E-state index is 5.71. The van der Waals surface area contributed by atoms with E-state index in [9.17, 15) is 0 Å². The molecule has 2 aromatic rings. The molecule has 2 N–H and O–H groups in total. The number of rotatable bonds is 5. The van der Waals surface area contributed by atoms with Crippen LogP contribution in [0.25, 0.3) is 0 Å². The van der Waals surface area contributed by atoms with Crippen LogP contribution in [0.5, 0.6) is 0 Å². The predicted octanol–water partition coefficient (Wildman–Crippen LogP) is 5.05. The molecule has 0 spiro atoms. The number of anilines is 4. The lowest BCUT2D eigenvalue weighted by Gasteiger charge is -2.37. The van der Waals surface area contributed by atoms with Crippen molar-refractivity contribution >= 4 is 40.6 Å². The van der Waals surface area contributed by atoms with Gasteiger partial charge in [-0.2, -0.15) is 9.97 Å². The number of aromatic nitrogens is 2. The van der Waals surface area contributed by atoms with Gasteiger partial charge in [0, 0.05) is 57.1 Å². The molecule has 1 unspecified atom stereocenters. The first-order valence-corrected chi connectivity index (χ1v) is 14.3. The average molecular weight is 508 g/mol. The second-order valence-electron chi connectivity index (χ2n) is 10.7. The fraction of sp³-hybridized carbons (Fsp3) is 0.607. The third-order valence-electron chi connectivity index (χ3n) is 7.82. The van der Waals surface area contributed by atoms with Gasteiger partial charge >= 0.3 is 0 Å². The lowest BCUT2D eigenvalue weighted by atomic mass is 10.0. The number of piperidine rings is 1. The highest BCUT2D eigenvalue weighted by Crippen LogP contribution is 2.27. The van der Waals surface area contributed by atoms with Gasteiger partial charge in [0.2, 0.25) is 5.95 Å². The van der Waals surface area contributed by atoms with Crippen molar-refractivity contribution in [2.75, 3.05) is 59.3 Å². The maximum atomic E-state index is 5.71. The molecule has 3 heterocycles. The van der Waals surface area contributed by atoms with Crippen LogP contribution in [0.2, 0.25) is 0 Å². The van der Waals surface area contributed by atoms with Crippen LogP contribution >= 0.6 is 12.2 Å². The summed E-state index contributed by atoms with van der Waals surface area (Å²) in [6, 6.07) is 13.3. The van der Waals surface area contributed by atoms with Gasteiger partial charge in [-0.1, -0.05) is 50.8 Å². The van der Waals surface area contributed by atoms with E-state index < -0.39 is 0 Å². The lowest BCUT2D eigenvalue weighted by Crippen LogP contribution is -2.47. The van der Waals surface area contributed by atoms with Gasteiger partial charge in [-0.25, -0.2) is 0 Å². The molecule has 1 atom stereocenters. The first-order valence-electron chi connectivity index (χ1n) is 13.9. The number of para-hydroxylation sites is 1. The van der Waals surface area contributed by atoms with Crippen LogP contribution in [0.1, 0.15) is 58.3 Å². The summed E-state index contributed by atoms with van der Waals surface area (Å²) in [7, 11) is 0. The van der Waals surface area contributed by atoms with Crippen LogP contribution in [0.4, 0.5) is 23.3 Å². The van der Waals surface area contributed by atoms with E-state index in [0.29, 0.717) is 23.0 Å². The Bertz CT molecular complexity index is 985. The zero-order valence-electron chi connectivity index (χ0n) is 21.7. The number of piperazine rings is 1. The highest BCUT2D eigenvalue weighted by Gasteiger charge is 2.23. The molecule has 0 bridgehead atoms. The van der Waals surface area contributed by atoms with Crippen LogP contribution in [0.15, 0.2) is 36.4 Å². The maximum Gasteiger partial charge on any atom is 0.232 e. The summed E-state index contributed by atoms with van der Waals surface area (Å²) < 4.78 is 0. The molecule has 194 valence electrons. The number of hydrogen-bond donors (Lipinski definition) is 2. The van der Waals surface area contributed by atoms with Crippen molar-refractivity contribution in [1.29, 1.82) is 0 Å². The third-order valence-corrected chi connectivity index (χ3v) is 8.04. The molecule has 0 radical (unpaired) electrons. The molecule has 3 aliphatic rings. The summed E-state index contributed by atoms with van der Waals surface area (Å²) in [5.74, 6) is 3.29. The van der Waals surface area contributed by atoms with Crippen LogP contribution in [0, 0.1) is 5.92 Å². The zero-order valence-corrected chi connectivity index (χ0v) is 22.5. The molecule has 0 amide bonds. The Balaban J connectivity index is 1.30. The van der Waals surface area contributed by atoms with Crippen molar-refractivity contribution in [3.05, 3.63) is 36.4 Å². The number of hydrogen-bond acceptors (Lipinski definition) is 6. The van der Waals surface area contributed by atoms with Crippen LogP contribution in [-0.2, 0) is 0 Å². The number of nitrogens with one attached hydrogen (secondary N) is 2. The summed E-state index contributed by atoms with van der Waals surface area (Å²) in [6.07, 6.45) is 10.1. The van der Waals surface area contributed by atoms with Crippen molar-refractivity contribution < 1.29 is 0 Å². The van der Waals surface area contributed by atoms with E-state index in [4.69, 9.17) is 22.2 Å². The molecule has 1 aliphatic carbocycles. The van der Waals surface area contributed by atoms with Gasteiger partial charge in [0.05, 0.1) is 0 Å². The lowest BCUT2D eigenvalue weighted by molar-refractivity contribution is 0.444. The number of nitrogens with zero attached hydrogens (tertiary/aromatic N) is 5. The Morgan fingerprint density at radius 1 is 0.806 bits per heavy atom. The molecule has 5 rings (SSSR count). The van der Waals surface area contributed by atoms with Gasteiger partial charge in [-0.15, -0.1) is 0 Å². The standard InChI is InChI=1S/C28H41N7S/c1-22-10-9-15-35(21-22)26-20-25(34-18-16-33(17-19-34)24-13-7-4-8-14-24)30-27(31-26)32-28(36)29-23-11-5-2-3-6-12-23/h4,7-8,13-14,20,22-23H,2-3,5-6,9-12,15-19,21H2,1H3,(H2,29,30,31,32,36). The Labute approximate surface area is 221 Å². The number of thiocarbonyl (C=S) groups is 1. The van der Waals surface area contributed by atoms with Crippen molar-refractivity contribution in [2.24, 2.45) is 5.92 Å². The summed E-state index contributed by atoms with van der Waals surface area (Å²) in [6.45, 7) is 8.26. The predicted molar refractivity (Wildman–Crippen MR) is 154 cm³/mol. The van der Waals surface area contributed by atoms with Gasteiger partial charge in [0.15, 0.2) is 5.11 Å². The van der Waals surface area contributed by atoms with E-state index in [0.717, 1.165) is 50.9 Å². The third kappa shape index (κ3) is 6.58. The fourth-order valence-corrected chi connectivity index (χ4v) is 6.04. The SMILES string of the molecule is CC1CCCN(c2cc(N3CCN(c4ccccc4)CC3)nc(NC(=S)NC3CCCCCC3)n2)C1. The molecule has 2 aliphatic heterocycles.